The minimum atomic E-state index is -0.615. The van der Waals surface area contributed by atoms with Gasteiger partial charge in [0.1, 0.15) is 17.7 Å². The first kappa shape index (κ1) is 18.7. The fourth-order valence-electron chi connectivity index (χ4n) is 3.31. The third kappa shape index (κ3) is 3.82. The predicted molar refractivity (Wildman–Crippen MR) is 105 cm³/mol. The molecule has 4 rings (SSSR count). The van der Waals surface area contributed by atoms with Crippen LogP contribution in [0.5, 0.6) is 0 Å². The molecule has 4 aromatic rings. The van der Waals surface area contributed by atoms with Gasteiger partial charge in [-0.3, -0.25) is 9.36 Å². The number of amides is 1. The molecular formula is C21H19FN4O3. The van der Waals surface area contributed by atoms with Crippen molar-refractivity contribution < 1.29 is 13.6 Å². The number of hydrogen-bond donors (Lipinski definition) is 1. The number of oxazole rings is 1. The first-order valence-corrected chi connectivity index (χ1v) is 9.13. The zero-order valence-electron chi connectivity index (χ0n) is 15.7. The molecule has 0 aliphatic heterocycles. The van der Waals surface area contributed by atoms with Crippen LogP contribution in [0.25, 0.3) is 11.1 Å². The Morgan fingerprint density at radius 2 is 2.07 bits per heavy atom. The van der Waals surface area contributed by atoms with Gasteiger partial charge >= 0.3 is 5.76 Å². The number of carbonyl (C=O) groups is 1. The highest BCUT2D eigenvalue weighted by Crippen LogP contribution is 2.21. The molecule has 29 heavy (non-hydrogen) atoms. The summed E-state index contributed by atoms with van der Waals surface area (Å²) in [5, 5.41) is 2.90. The van der Waals surface area contributed by atoms with Crippen LogP contribution in [0, 0.1) is 5.82 Å². The molecule has 7 nitrogen and oxygen atoms in total. The molecule has 2 heterocycles. The molecule has 0 fully saturated rings. The Labute approximate surface area is 165 Å². The van der Waals surface area contributed by atoms with E-state index in [1.54, 1.807) is 60.4 Å². The largest absolute Gasteiger partial charge is 0.419 e. The van der Waals surface area contributed by atoms with Gasteiger partial charge in [0, 0.05) is 32.4 Å². The second kappa shape index (κ2) is 7.75. The number of hydrogen-bond acceptors (Lipinski definition) is 4. The quantitative estimate of drug-likeness (QED) is 0.545. The van der Waals surface area contributed by atoms with Gasteiger partial charge in [0.15, 0.2) is 5.58 Å². The summed E-state index contributed by atoms with van der Waals surface area (Å²) in [6.07, 6.45) is 3.43. The van der Waals surface area contributed by atoms with Gasteiger partial charge in [0.2, 0.25) is 5.91 Å². The molecule has 0 spiro atoms. The van der Waals surface area contributed by atoms with Crippen molar-refractivity contribution in [3.63, 3.8) is 0 Å². The first-order chi connectivity index (χ1) is 14.0. The number of para-hydroxylation sites is 2. The summed E-state index contributed by atoms with van der Waals surface area (Å²) in [5.41, 5.74) is 1.69. The maximum atomic E-state index is 13.7. The summed E-state index contributed by atoms with van der Waals surface area (Å²) >= 11 is 0. The molecule has 2 aromatic heterocycles. The molecule has 0 aliphatic carbocycles. The Hall–Kier alpha value is -3.68. The van der Waals surface area contributed by atoms with Crippen molar-refractivity contribution in [3.05, 3.63) is 88.7 Å². The van der Waals surface area contributed by atoms with E-state index in [2.05, 4.69) is 10.3 Å². The fraction of sp³-hybridized carbons (Fsp3) is 0.190. The van der Waals surface area contributed by atoms with Crippen LogP contribution in [0.1, 0.15) is 23.9 Å². The minimum Gasteiger partial charge on any atom is -0.408 e. The second-order valence-electron chi connectivity index (χ2n) is 6.69. The van der Waals surface area contributed by atoms with Crippen molar-refractivity contribution in [2.75, 3.05) is 0 Å². The van der Waals surface area contributed by atoms with Gasteiger partial charge in [0.25, 0.3) is 0 Å². The van der Waals surface area contributed by atoms with Crippen LogP contribution < -0.4 is 11.1 Å². The molecule has 0 aliphatic rings. The normalized spacial score (nSPS) is 12.2. The lowest BCUT2D eigenvalue weighted by Gasteiger charge is -2.19. The third-order valence-electron chi connectivity index (χ3n) is 4.74. The molecule has 2 aromatic carbocycles. The Morgan fingerprint density at radius 1 is 1.24 bits per heavy atom. The van der Waals surface area contributed by atoms with E-state index >= 15 is 0 Å². The second-order valence-corrected chi connectivity index (χ2v) is 6.69. The highest BCUT2D eigenvalue weighted by atomic mass is 19.1. The molecule has 0 bridgehead atoms. The third-order valence-corrected chi connectivity index (χ3v) is 4.74. The lowest BCUT2D eigenvalue weighted by Crippen LogP contribution is -2.32. The Balaban J connectivity index is 1.55. The van der Waals surface area contributed by atoms with Crippen LogP contribution in [0.3, 0.4) is 0 Å². The van der Waals surface area contributed by atoms with E-state index < -0.39 is 17.6 Å². The summed E-state index contributed by atoms with van der Waals surface area (Å²) in [5.74, 6) is -0.619. The van der Waals surface area contributed by atoms with E-state index in [1.165, 1.54) is 16.7 Å². The van der Waals surface area contributed by atoms with Crippen molar-refractivity contribution in [1.29, 1.82) is 0 Å². The van der Waals surface area contributed by atoms with Crippen molar-refractivity contribution in [2.45, 2.75) is 19.0 Å². The van der Waals surface area contributed by atoms with Gasteiger partial charge < -0.3 is 14.3 Å². The van der Waals surface area contributed by atoms with Crippen molar-refractivity contribution in [2.24, 2.45) is 7.05 Å². The summed E-state index contributed by atoms with van der Waals surface area (Å²) < 4.78 is 22.1. The van der Waals surface area contributed by atoms with E-state index in [9.17, 15) is 14.0 Å². The van der Waals surface area contributed by atoms with Crippen molar-refractivity contribution in [1.82, 2.24) is 19.4 Å². The minimum absolute atomic E-state index is 0.0552. The number of nitrogens with one attached hydrogen (secondary N) is 1. The van der Waals surface area contributed by atoms with Gasteiger partial charge in [-0.1, -0.05) is 24.3 Å². The highest BCUT2D eigenvalue weighted by molar-refractivity contribution is 5.77. The molecule has 0 saturated heterocycles. The molecule has 148 valence electrons. The van der Waals surface area contributed by atoms with Gasteiger partial charge in [0.05, 0.1) is 5.52 Å². The van der Waals surface area contributed by atoms with Crippen LogP contribution >= 0.6 is 0 Å². The predicted octanol–water partition coefficient (Wildman–Crippen LogP) is 2.76. The Kier molecular flexibility index (Phi) is 4.99. The maximum Gasteiger partial charge on any atom is 0.419 e. The topological polar surface area (TPSA) is 82.1 Å². The zero-order valence-corrected chi connectivity index (χ0v) is 15.7. The molecule has 1 N–H and O–H groups in total. The van der Waals surface area contributed by atoms with E-state index in [4.69, 9.17) is 4.42 Å². The SMILES string of the molecule is Cn1ccnc1[C@@H](NC(=O)CCn1c(=O)oc2ccccc21)c1cccc(F)c1. The van der Waals surface area contributed by atoms with E-state index in [0.717, 1.165) is 0 Å². The van der Waals surface area contributed by atoms with Crippen LogP contribution in [0.4, 0.5) is 4.39 Å². The standard InChI is InChI=1S/C21H19FN4O3/c1-25-12-10-23-20(25)19(14-5-4-6-15(22)13-14)24-18(27)9-11-26-16-7-2-3-8-17(16)29-21(26)28/h2-8,10,12-13,19H,9,11H2,1H3,(H,24,27)/t19-/m0/s1. The fourth-order valence-corrected chi connectivity index (χ4v) is 3.31. The smallest absolute Gasteiger partial charge is 0.408 e. The number of fused-ring (bicyclic) bond motifs is 1. The lowest BCUT2D eigenvalue weighted by atomic mass is 10.1. The number of carbonyl (C=O) groups excluding carboxylic acids is 1. The summed E-state index contributed by atoms with van der Waals surface area (Å²) in [6.45, 7) is 0.165. The summed E-state index contributed by atoms with van der Waals surface area (Å²) in [4.78, 5) is 29.0. The lowest BCUT2D eigenvalue weighted by molar-refractivity contribution is -0.121. The number of aryl methyl sites for hydroxylation is 2. The van der Waals surface area contributed by atoms with Crippen LogP contribution in [-0.2, 0) is 18.4 Å². The van der Waals surface area contributed by atoms with Crippen LogP contribution in [0.2, 0.25) is 0 Å². The number of imidazole rings is 1. The number of rotatable bonds is 6. The Bertz CT molecular complexity index is 1220. The van der Waals surface area contributed by atoms with Gasteiger partial charge in [-0.05, 0) is 29.8 Å². The average molecular weight is 394 g/mol. The van der Waals surface area contributed by atoms with Gasteiger partial charge in [-0.15, -0.1) is 0 Å². The maximum absolute atomic E-state index is 13.7. The molecule has 8 heteroatoms. The van der Waals surface area contributed by atoms with Crippen LogP contribution in [0.15, 0.2) is 70.1 Å². The summed E-state index contributed by atoms with van der Waals surface area (Å²) in [6, 6.07) is 12.5. The summed E-state index contributed by atoms with van der Waals surface area (Å²) in [7, 11) is 1.80. The number of nitrogens with zero attached hydrogens (tertiary/aromatic N) is 3. The molecule has 0 saturated carbocycles. The number of aromatic nitrogens is 3. The highest BCUT2D eigenvalue weighted by Gasteiger charge is 2.21. The number of benzene rings is 2. The van der Waals surface area contributed by atoms with E-state index in [0.29, 0.717) is 22.5 Å². The van der Waals surface area contributed by atoms with Crippen molar-refractivity contribution >= 4 is 17.0 Å². The molecule has 1 atom stereocenters. The van der Waals surface area contributed by atoms with Crippen LogP contribution in [-0.4, -0.2) is 20.0 Å². The monoisotopic (exact) mass is 394 g/mol. The average Bonchev–Trinajstić information content (AvgIpc) is 3.26. The molecule has 0 radical (unpaired) electrons. The Morgan fingerprint density at radius 3 is 2.83 bits per heavy atom. The first-order valence-electron chi connectivity index (χ1n) is 9.13. The van der Waals surface area contributed by atoms with Gasteiger partial charge in [-0.2, -0.15) is 0 Å². The number of halogens is 1. The molecular weight excluding hydrogens is 375 g/mol. The van der Waals surface area contributed by atoms with Crippen molar-refractivity contribution in [3.8, 4) is 0 Å². The molecule has 0 unspecified atom stereocenters. The van der Waals surface area contributed by atoms with Gasteiger partial charge in [-0.25, -0.2) is 14.2 Å². The molecule has 1 amide bonds. The van der Waals surface area contributed by atoms with E-state index in [1.807, 2.05) is 0 Å². The zero-order chi connectivity index (χ0) is 20.4. The van der Waals surface area contributed by atoms with E-state index in [-0.39, 0.29) is 18.9 Å².